The first-order chi connectivity index (χ1) is 7.75. The molecule has 5 nitrogen and oxygen atoms in total. The Labute approximate surface area is 92.3 Å². The van der Waals surface area contributed by atoms with Crippen molar-refractivity contribution in [3.05, 3.63) is 48.4 Å². The van der Waals surface area contributed by atoms with Crippen molar-refractivity contribution in [3.63, 3.8) is 0 Å². The molecule has 0 radical (unpaired) electrons. The first-order valence-electron chi connectivity index (χ1n) is 4.68. The van der Waals surface area contributed by atoms with Crippen LogP contribution in [-0.2, 0) is 0 Å². The van der Waals surface area contributed by atoms with E-state index in [0.717, 1.165) is 0 Å². The molecule has 0 aliphatic carbocycles. The van der Waals surface area contributed by atoms with Gasteiger partial charge in [0.1, 0.15) is 5.82 Å². The Balaban J connectivity index is 2.15. The number of rotatable bonds is 2. The highest BCUT2D eigenvalue weighted by molar-refractivity contribution is 6.03. The van der Waals surface area contributed by atoms with Crippen LogP contribution in [0.25, 0.3) is 0 Å². The van der Waals surface area contributed by atoms with Gasteiger partial charge in [0.2, 0.25) is 0 Å². The number of anilines is 2. The summed E-state index contributed by atoms with van der Waals surface area (Å²) in [5, 5.41) is 2.64. The molecular formula is C11H10N4O. The van der Waals surface area contributed by atoms with Gasteiger partial charge in [-0.2, -0.15) is 0 Å². The summed E-state index contributed by atoms with van der Waals surface area (Å²) in [6.07, 6.45) is 4.54. The topological polar surface area (TPSA) is 80.9 Å². The van der Waals surface area contributed by atoms with Crippen LogP contribution in [0.4, 0.5) is 11.5 Å². The van der Waals surface area contributed by atoms with Crippen LogP contribution in [0.5, 0.6) is 0 Å². The maximum Gasteiger partial charge on any atom is 0.258 e. The number of nitrogens with one attached hydrogen (secondary N) is 1. The highest BCUT2D eigenvalue weighted by atomic mass is 16.1. The van der Waals surface area contributed by atoms with Crippen LogP contribution in [0.15, 0.2) is 42.9 Å². The number of carbonyl (C=O) groups excluding carboxylic acids is 1. The Morgan fingerprint density at radius 3 is 2.88 bits per heavy atom. The molecule has 2 aromatic heterocycles. The molecule has 80 valence electrons. The van der Waals surface area contributed by atoms with Crippen molar-refractivity contribution in [1.82, 2.24) is 9.97 Å². The lowest BCUT2D eigenvalue weighted by Gasteiger charge is -2.03. The van der Waals surface area contributed by atoms with Gasteiger partial charge in [0.25, 0.3) is 5.91 Å². The van der Waals surface area contributed by atoms with Crippen LogP contribution >= 0.6 is 0 Å². The maximum absolute atomic E-state index is 11.7. The normalized spacial score (nSPS) is 9.75. The van der Waals surface area contributed by atoms with Gasteiger partial charge in [-0.25, -0.2) is 4.98 Å². The van der Waals surface area contributed by atoms with Crippen molar-refractivity contribution in [2.45, 2.75) is 0 Å². The number of carbonyl (C=O) groups is 1. The Bertz CT molecular complexity index is 498. The van der Waals surface area contributed by atoms with E-state index < -0.39 is 0 Å². The van der Waals surface area contributed by atoms with Gasteiger partial charge in [-0.15, -0.1) is 0 Å². The van der Waals surface area contributed by atoms with Crippen molar-refractivity contribution in [3.8, 4) is 0 Å². The minimum absolute atomic E-state index is 0.279. The summed E-state index contributed by atoms with van der Waals surface area (Å²) in [7, 11) is 0. The van der Waals surface area contributed by atoms with Crippen LogP contribution in [-0.4, -0.2) is 15.9 Å². The fourth-order valence-electron chi connectivity index (χ4n) is 1.21. The van der Waals surface area contributed by atoms with Gasteiger partial charge in [0.15, 0.2) is 0 Å². The summed E-state index contributed by atoms with van der Waals surface area (Å²) in [5.74, 6) is 0.216. The zero-order chi connectivity index (χ0) is 11.4. The van der Waals surface area contributed by atoms with E-state index in [1.54, 1.807) is 30.5 Å². The maximum atomic E-state index is 11.7. The lowest BCUT2D eigenvalue weighted by atomic mass is 10.2. The molecule has 0 aliphatic heterocycles. The fraction of sp³-hybridized carbons (Fsp3) is 0. The summed E-state index contributed by atoms with van der Waals surface area (Å²) in [6.45, 7) is 0. The number of nitrogens with two attached hydrogens (primary N) is 1. The summed E-state index contributed by atoms with van der Waals surface area (Å²) >= 11 is 0. The molecule has 0 aromatic carbocycles. The van der Waals surface area contributed by atoms with E-state index in [-0.39, 0.29) is 5.91 Å². The molecule has 2 rings (SSSR count). The van der Waals surface area contributed by atoms with E-state index in [2.05, 4.69) is 15.3 Å². The molecule has 1 amide bonds. The second kappa shape index (κ2) is 4.39. The average molecular weight is 214 g/mol. The minimum Gasteiger partial charge on any atom is -0.397 e. The van der Waals surface area contributed by atoms with Crippen molar-refractivity contribution in [2.24, 2.45) is 0 Å². The predicted molar refractivity (Wildman–Crippen MR) is 60.8 cm³/mol. The summed E-state index contributed by atoms with van der Waals surface area (Å²) in [6, 6.07) is 6.83. The van der Waals surface area contributed by atoms with Crippen LogP contribution < -0.4 is 11.1 Å². The van der Waals surface area contributed by atoms with Crippen molar-refractivity contribution in [1.29, 1.82) is 0 Å². The molecule has 0 aliphatic rings. The number of aromatic nitrogens is 2. The molecule has 5 heteroatoms. The predicted octanol–water partition coefficient (Wildman–Crippen LogP) is 1.31. The summed E-state index contributed by atoms with van der Waals surface area (Å²) in [4.78, 5) is 19.5. The number of nitrogen functional groups attached to an aromatic ring is 1. The standard InChI is InChI=1S/C11H10N4O/c12-9-5-8(6-13-7-9)11(16)15-10-3-1-2-4-14-10/h1-7H,12H2,(H,14,15,16). The SMILES string of the molecule is Nc1cncc(C(=O)Nc2ccccn2)c1. The Kier molecular flexibility index (Phi) is 2.77. The van der Waals surface area contributed by atoms with E-state index in [1.807, 2.05) is 0 Å². The molecule has 0 saturated heterocycles. The Morgan fingerprint density at radius 2 is 2.19 bits per heavy atom. The van der Waals surface area contributed by atoms with Gasteiger partial charge >= 0.3 is 0 Å². The molecule has 3 N–H and O–H groups in total. The van der Waals surface area contributed by atoms with Crippen LogP contribution in [0.2, 0.25) is 0 Å². The molecule has 0 saturated carbocycles. The fourth-order valence-corrected chi connectivity index (χ4v) is 1.21. The van der Waals surface area contributed by atoms with E-state index in [0.29, 0.717) is 17.1 Å². The van der Waals surface area contributed by atoms with E-state index in [9.17, 15) is 4.79 Å². The first kappa shape index (κ1) is 10.1. The lowest BCUT2D eigenvalue weighted by molar-refractivity contribution is 0.102. The summed E-state index contributed by atoms with van der Waals surface area (Å²) in [5.41, 5.74) is 6.39. The first-order valence-corrected chi connectivity index (χ1v) is 4.68. The van der Waals surface area contributed by atoms with Gasteiger partial charge in [-0.05, 0) is 18.2 Å². The van der Waals surface area contributed by atoms with Crippen LogP contribution in [0, 0.1) is 0 Å². The highest BCUT2D eigenvalue weighted by Gasteiger charge is 2.06. The van der Waals surface area contributed by atoms with E-state index in [1.165, 1.54) is 12.4 Å². The lowest BCUT2D eigenvalue weighted by Crippen LogP contribution is -2.13. The van der Waals surface area contributed by atoms with E-state index in [4.69, 9.17) is 5.73 Å². The molecule has 0 bridgehead atoms. The van der Waals surface area contributed by atoms with Gasteiger partial charge in [-0.3, -0.25) is 9.78 Å². The van der Waals surface area contributed by atoms with Crippen molar-refractivity contribution >= 4 is 17.4 Å². The summed E-state index contributed by atoms with van der Waals surface area (Å²) < 4.78 is 0. The molecule has 16 heavy (non-hydrogen) atoms. The van der Waals surface area contributed by atoms with Gasteiger partial charge in [-0.1, -0.05) is 6.07 Å². The number of pyridine rings is 2. The van der Waals surface area contributed by atoms with Gasteiger partial charge in [0, 0.05) is 18.6 Å². The molecular weight excluding hydrogens is 204 g/mol. The zero-order valence-electron chi connectivity index (χ0n) is 8.42. The van der Waals surface area contributed by atoms with Crippen molar-refractivity contribution < 1.29 is 4.79 Å². The number of hydrogen-bond acceptors (Lipinski definition) is 4. The number of hydrogen-bond donors (Lipinski definition) is 2. The molecule has 0 atom stereocenters. The van der Waals surface area contributed by atoms with Gasteiger partial charge < -0.3 is 11.1 Å². The molecule has 2 heterocycles. The van der Waals surface area contributed by atoms with Crippen LogP contribution in [0.3, 0.4) is 0 Å². The monoisotopic (exact) mass is 214 g/mol. The average Bonchev–Trinajstić information content (AvgIpc) is 2.30. The molecule has 2 aromatic rings. The largest absolute Gasteiger partial charge is 0.397 e. The van der Waals surface area contributed by atoms with Crippen molar-refractivity contribution in [2.75, 3.05) is 11.1 Å². The second-order valence-corrected chi connectivity index (χ2v) is 3.18. The third-order valence-corrected chi connectivity index (χ3v) is 1.93. The number of nitrogens with zero attached hydrogens (tertiary/aromatic N) is 2. The van der Waals surface area contributed by atoms with Crippen LogP contribution in [0.1, 0.15) is 10.4 Å². The zero-order valence-corrected chi connectivity index (χ0v) is 8.42. The number of amides is 1. The Morgan fingerprint density at radius 1 is 1.31 bits per heavy atom. The third-order valence-electron chi connectivity index (χ3n) is 1.93. The molecule has 0 spiro atoms. The third kappa shape index (κ3) is 2.33. The quantitative estimate of drug-likeness (QED) is 0.789. The Hall–Kier alpha value is -2.43. The van der Waals surface area contributed by atoms with E-state index >= 15 is 0 Å². The smallest absolute Gasteiger partial charge is 0.258 e. The van der Waals surface area contributed by atoms with Gasteiger partial charge in [0.05, 0.1) is 11.3 Å². The molecule has 0 unspecified atom stereocenters. The highest BCUT2D eigenvalue weighted by Crippen LogP contribution is 2.07. The molecule has 0 fully saturated rings. The second-order valence-electron chi connectivity index (χ2n) is 3.18. The minimum atomic E-state index is -0.279.